The van der Waals surface area contributed by atoms with Gasteiger partial charge in [0, 0.05) is 11.7 Å². The molecule has 3 nitrogen and oxygen atoms in total. The van der Waals surface area contributed by atoms with Crippen molar-refractivity contribution < 1.29 is 4.79 Å². The second-order valence-corrected chi connectivity index (χ2v) is 7.15. The van der Waals surface area contributed by atoms with Crippen LogP contribution in [0.1, 0.15) is 39.5 Å². The monoisotopic (exact) mass is 302 g/mol. The lowest BCUT2D eigenvalue weighted by Gasteiger charge is -2.38. The summed E-state index contributed by atoms with van der Waals surface area (Å²) in [6, 6.07) is 10.5. The Morgan fingerprint density at radius 3 is 2.18 bits per heavy atom. The third-order valence-electron chi connectivity index (χ3n) is 4.80. The number of hydrogen-bond donors (Lipinski definition) is 0. The van der Waals surface area contributed by atoms with Crippen molar-refractivity contribution in [2.75, 3.05) is 25.5 Å². The molecule has 22 heavy (non-hydrogen) atoms. The molecule has 0 unspecified atom stereocenters. The first-order valence-electron chi connectivity index (χ1n) is 8.51. The van der Waals surface area contributed by atoms with Crippen LogP contribution in [0.4, 0.5) is 5.69 Å². The van der Waals surface area contributed by atoms with E-state index in [0.717, 1.165) is 30.4 Å². The van der Waals surface area contributed by atoms with Gasteiger partial charge in [-0.25, -0.2) is 0 Å². The van der Waals surface area contributed by atoms with Crippen LogP contribution in [0.3, 0.4) is 0 Å². The Morgan fingerprint density at radius 2 is 1.68 bits per heavy atom. The van der Waals surface area contributed by atoms with Crippen molar-refractivity contribution in [3.63, 3.8) is 0 Å². The maximum atomic E-state index is 12.8. The number of para-hydroxylation sites is 1. The van der Waals surface area contributed by atoms with Gasteiger partial charge in [-0.2, -0.15) is 0 Å². The zero-order valence-corrected chi connectivity index (χ0v) is 14.5. The van der Waals surface area contributed by atoms with Gasteiger partial charge in [0.1, 0.15) is 0 Å². The molecule has 0 saturated heterocycles. The molecule has 0 radical (unpaired) electrons. The Balaban J connectivity index is 2.13. The number of likely N-dealkylation sites (N-methyl/N-ethyl adjacent to an activating group) is 1. The van der Waals surface area contributed by atoms with Crippen molar-refractivity contribution >= 4 is 11.6 Å². The van der Waals surface area contributed by atoms with Gasteiger partial charge in [-0.1, -0.05) is 32.0 Å². The van der Waals surface area contributed by atoms with E-state index in [0.29, 0.717) is 12.6 Å². The number of carbonyl (C=O) groups excluding carboxylic acids is 1. The van der Waals surface area contributed by atoms with E-state index < -0.39 is 0 Å². The van der Waals surface area contributed by atoms with E-state index in [-0.39, 0.29) is 5.91 Å². The van der Waals surface area contributed by atoms with Crippen LogP contribution in [-0.2, 0) is 4.79 Å². The first kappa shape index (κ1) is 17.0. The van der Waals surface area contributed by atoms with Crippen LogP contribution in [0.15, 0.2) is 30.3 Å². The first-order chi connectivity index (χ1) is 10.5. The Bertz CT molecular complexity index is 462. The lowest BCUT2D eigenvalue weighted by atomic mass is 9.79. The van der Waals surface area contributed by atoms with Gasteiger partial charge in [0.2, 0.25) is 5.91 Å². The third kappa shape index (κ3) is 4.33. The average Bonchev–Trinajstić information content (AvgIpc) is 2.48. The minimum absolute atomic E-state index is 0.212. The molecule has 0 heterocycles. The molecule has 1 aliphatic rings. The predicted molar refractivity (Wildman–Crippen MR) is 93.1 cm³/mol. The number of nitrogens with zero attached hydrogens (tertiary/aromatic N) is 2. The topological polar surface area (TPSA) is 23.6 Å². The summed E-state index contributed by atoms with van der Waals surface area (Å²) in [5.41, 5.74) is 1.04. The highest BCUT2D eigenvalue weighted by Crippen LogP contribution is 2.34. The quantitative estimate of drug-likeness (QED) is 0.826. The molecule has 0 spiro atoms. The summed E-state index contributed by atoms with van der Waals surface area (Å²) in [4.78, 5) is 16.8. The second kappa shape index (κ2) is 7.77. The lowest BCUT2D eigenvalue weighted by Crippen LogP contribution is -2.46. The minimum atomic E-state index is 0.212. The van der Waals surface area contributed by atoms with Gasteiger partial charge < -0.3 is 9.80 Å². The van der Waals surface area contributed by atoms with E-state index in [4.69, 9.17) is 0 Å². The number of carbonyl (C=O) groups is 1. The van der Waals surface area contributed by atoms with Crippen LogP contribution in [0.25, 0.3) is 0 Å². The summed E-state index contributed by atoms with van der Waals surface area (Å²) in [5, 5.41) is 0. The Labute approximate surface area is 135 Å². The fourth-order valence-electron chi connectivity index (χ4n) is 3.52. The van der Waals surface area contributed by atoms with E-state index in [9.17, 15) is 4.79 Å². The molecule has 1 aromatic rings. The van der Waals surface area contributed by atoms with Gasteiger partial charge in [0.05, 0.1) is 6.54 Å². The smallest absolute Gasteiger partial charge is 0.241 e. The summed E-state index contributed by atoms with van der Waals surface area (Å²) in [5.74, 6) is 1.78. The highest BCUT2D eigenvalue weighted by atomic mass is 16.2. The molecule has 2 rings (SSSR count). The van der Waals surface area contributed by atoms with E-state index >= 15 is 0 Å². The van der Waals surface area contributed by atoms with Crippen LogP contribution >= 0.6 is 0 Å². The number of benzene rings is 1. The maximum absolute atomic E-state index is 12.8. The summed E-state index contributed by atoms with van der Waals surface area (Å²) < 4.78 is 0. The van der Waals surface area contributed by atoms with Gasteiger partial charge in [0.25, 0.3) is 0 Å². The summed E-state index contributed by atoms with van der Waals surface area (Å²) >= 11 is 0. The molecular weight excluding hydrogens is 272 g/mol. The van der Waals surface area contributed by atoms with Crippen molar-refractivity contribution in [2.45, 2.75) is 45.6 Å². The van der Waals surface area contributed by atoms with Crippen LogP contribution < -0.4 is 4.90 Å². The Kier molecular flexibility index (Phi) is 6.01. The largest absolute Gasteiger partial charge is 0.308 e. The lowest BCUT2D eigenvalue weighted by molar-refractivity contribution is -0.119. The number of rotatable bonds is 5. The zero-order chi connectivity index (χ0) is 16.1. The molecule has 1 amide bonds. The molecule has 0 bridgehead atoms. The van der Waals surface area contributed by atoms with Gasteiger partial charge in [-0.15, -0.1) is 0 Å². The predicted octanol–water partition coefficient (Wildman–Crippen LogP) is 3.80. The number of amides is 1. The summed E-state index contributed by atoms with van der Waals surface area (Å²) in [7, 11) is 3.91. The van der Waals surface area contributed by atoms with Gasteiger partial charge in [-0.05, 0) is 63.7 Å². The van der Waals surface area contributed by atoms with Crippen LogP contribution in [0.2, 0.25) is 0 Å². The number of hydrogen-bond acceptors (Lipinski definition) is 2. The molecule has 0 aliphatic heterocycles. The standard InChI is InChI=1S/C19H30N2O/c1-15(2)16-10-12-18(13-11-16)21(19(22)14-20(3)4)17-8-6-5-7-9-17/h5-9,15-16,18H,10-14H2,1-4H3. The van der Waals surface area contributed by atoms with Crippen molar-refractivity contribution in [3.8, 4) is 0 Å². The zero-order valence-electron chi connectivity index (χ0n) is 14.5. The van der Waals surface area contributed by atoms with Crippen LogP contribution in [-0.4, -0.2) is 37.5 Å². The second-order valence-electron chi connectivity index (χ2n) is 7.15. The summed E-state index contributed by atoms with van der Waals surface area (Å²) in [6.45, 7) is 5.10. The highest BCUT2D eigenvalue weighted by Gasteiger charge is 2.30. The SMILES string of the molecule is CC(C)C1CCC(N(C(=O)CN(C)C)c2ccccc2)CC1. The van der Waals surface area contributed by atoms with Gasteiger partial charge >= 0.3 is 0 Å². The molecule has 0 aromatic heterocycles. The molecular formula is C19H30N2O. The highest BCUT2D eigenvalue weighted by molar-refractivity contribution is 5.95. The van der Waals surface area contributed by atoms with E-state index in [1.165, 1.54) is 12.8 Å². The van der Waals surface area contributed by atoms with E-state index in [1.54, 1.807) is 0 Å². The molecule has 1 saturated carbocycles. The van der Waals surface area contributed by atoms with Gasteiger partial charge in [0.15, 0.2) is 0 Å². The Hall–Kier alpha value is -1.35. The van der Waals surface area contributed by atoms with Gasteiger partial charge in [-0.3, -0.25) is 4.79 Å². The molecule has 0 N–H and O–H groups in total. The minimum Gasteiger partial charge on any atom is -0.308 e. The van der Waals surface area contributed by atoms with Crippen molar-refractivity contribution in [3.05, 3.63) is 30.3 Å². The third-order valence-corrected chi connectivity index (χ3v) is 4.80. The first-order valence-corrected chi connectivity index (χ1v) is 8.51. The Morgan fingerprint density at radius 1 is 1.09 bits per heavy atom. The molecule has 3 heteroatoms. The number of anilines is 1. The maximum Gasteiger partial charge on any atom is 0.241 e. The van der Waals surface area contributed by atoms with Crippen LogP contribution in [0, 0.1) is 11.8 Å². The molecule has 1 aromatic carbocycles. The fraction of sp³-hybridized carbons (Fsp3) is 0.632. The van der Waals surface area contributed by atoms with E-state index in [1.807, 2.05) is 37.2 Å². The molecule has 122 valence electrons. The summed E-state index contributed by atoms with van der Waals surface area (Å²) in [6.07, 6.45) is 4.72. The van der Waals surface area contributed by atoms with Crippen molar-refractivity contribution in [1.82, 2.24) is 4.90 Å². The fourth-order valence-corrected chi connectivity index (χ4v) is 3.52. The van der Waals surface area contributed by atoms with Crippen molar-refractivity contribution in [1.29, 1.82) is 0 Å². The molecule has 1 aliphatic carbocycles. The van der Waals surface area contributed by atoms with E-state index in [2.05, 4.69) is 30.9 Å². The van der Waals surface area contributed by atoms with Crippen LogP contribution in [0.5, 0.6) is 0 Å². The molecule has 1 fully saturated rings. The average molecular weight is 302 g/mol. The van der Waals surface area contributed by atoms with Crippen molar-refractivity contribution in [2.24, 2.45) is 11.8 Å². The normalized spacial score (nSPS) is 22.1. The molecule has 0 atom stereocenters.